The van der Waals surface area contributed by atoms with E-state index in [0.29, 0.717) is 6.54 Å². The summed E-state index contributed by atoms with van der Waals surface area (Å²) < 4.78 is 0. The zero-order valence-corrected chi connectivity index (χ0v) is 15.7. The fourth-order valence-corrected chi connectivity index (χ4v) is 2.78. The van der Waals surface area contributed by atoms with Gasteiger partial charge in [0.05, 0.1) is 11.4 Å². The highest BCUT2D eigenvalue weighted by Gasteiger charge is 2.21. The lowest BCUT2D eigenvalue weighted by Crippen LogP contribution is -2.29. The molecule has 1 aliphatic carbocycles. The fourth-order valence-electron chi connectivity index (χ4n) is 2.78. The molecule has 0 aromatic carbocycles. The van der Waals surface area contributed by atoms with Crippen molar-refractivity contribution in [2.75, 3.05) is 13.6 Å². The first-order valence-corrected chi connectivity index (χ1v) is 8.98. The number of likely N-dealkylation sites (N-methyl/N-ethyl adjacent to an activating group) is 1. The highest BCUT2D eigenvalue weighted by Crippen LogP contribution is 2.24. The first-order valence-electron chi connectivity index (χ1n) is 8.98. The Balaban J connectivity index is 2.85. The summed E-state index contributed by atoms with van der Waals surface area (Å²) in [6.45, 7) is 8.16. The van der Waals surface area contributed by atoms with Crippen LogP contribution in [-0.4, -0.2) is 25.7 Å². The smallest absolute Gasteiger partial charge is 0.223 e. The van der Waals surface area contributed by atoms with Gasteiger partial charge in [-0.15, -0.1) is 0 Å². The van der Waals surface area contributed by atoms with Crippen molar-refractivity contribution in [3.05, 3.63) is 60.0 Å². The van der Waals surface area contributed by atoms with Gasteiger partial charge in [0.2, 0.25) is 5.91 Å². The largest absolute Gasteiger partial charge is 0.386 e. The minimum Gasteiger partial charge on any atom is -0.386 e. The number of carbonyl (C=O) groups is 1. The van der Waals surface area contributed by atoms with E-state index in [-0.39, 0.29) is 11.8 Å². The molecule has 25 heavy (non-hydrogen) atoms. The van der Waals surface area contributed by atoms with Crippen LogP contribution >= 0.6 is 0 Å². The molecule has 0 radical (unpaired) electrons. The van der Waals surface area contributed by atoms with E-state index in [2.05, 4.69) is 22.2 Å². The molecule has 0 atom stereocenters. The van der Waals surface area contributed by atoms with Crippen LogP contribution < -0.4 is 10.6 Å². The highest BCUT2D eigenvalue weighted by atomic mass is 16.1. The summed E-state index contributed by atoms with van der Waals surface area (Å²) in [5, 5.41) is 6.13. The SMILES string of the molecule is C=C\C=C(NC)/C(=C\CNC(=O)C1CCCC1)/N=C\C(\C=C/C)=C\C. The molecule has 4 nitrogen and oxygen atoms in total. The number of amides is 1. The van der Waals surface area contributed by atoms with E-state index < -0.39 is 0 Å². The molecule has 1 amide bonds. The number of hydrogen-bond acceptors (Lipinski definition) is 3. The minimum atomic E-state index is 0.152. The monoisotopic (exact) mass is 341 g/mol. The van der Waals surface area contributed by atoms with Gasteiger partial charge in [-0.2, -0.15) is 0 Å². The lowest BCUT2D eigenvalue weighted by molar-refractivity contribution is -0.124. The number of nitrogens with one attached hydrogen (secondary N) is 2. The van der Waals surface area contributed by atoms with E-state index in [1.807, 2.05) is 57.5 Å². The van der Waals surface area contributed by atoms with Gasteiger partial charge < -0.3 is 10.6 Å². The summed E-state index contributed by atoms with van der Waals surface area (Å²) in [7, 11) is 1.85. The molecule has 0 aliphatic heterocycles. The van der Waals surface area contributed by atoms with E-state index >= 15 is 0 Å². The Morgan fingerprint density at radius 2 is 2.00 bits per heavy atom. The molecule has 0 aromatic heterocycles. The molecule has 0 spiro atoms. The predicted molar refractivity (Wildman–Crippen MR) is 107 cm³/mol. The van der Waals surface area contributed by atoms with Crippen LogP contribution in [0.3, 0.4) is 0 Å². The zero-order valence-electron chi connectivity index (χ0n) is 15.7. The van der Waals surface area contributed by atoms with Crippen molar-refractivity contribution in [1.29, 1.82) is 0 Å². The Bertz CT molecular complexity index is 588. The van der Waals surface area contributed by atoms with Crippen LogP contribution in [0.2, 0.25) is 0 Å². The second kappa shape index (κ2) is 12.1. The summed E-state index contributed by atoms with van der Waals surface area (Å²) in [5.74, 6) is 0.330. The van der Waals surface area contributed by atoms with Crippen molar-refractivity contribution in [1.82, 2.24) is 10.6 Å². The van der Waals surface area contributed by atoms with Crippen LogP contribution in [0.4, 0.5) is 0 Å². The molecule has 136 valence electrons. The molecule has 0 heterocycles. The molecule has 1 rings (SSSR count). The van der Waals surface area contributed by atoms with Gasteiger partial charge in [0.25, 0.3) is 0 Å². The van der Waals surface area contributed by atoms with Gasteiger partial charge in [-0.3, -0.25) is 9.79 Å². The van der Waals surface area contributed by atoms with Gasteiger partial charge >= 0.3 is 0 Å². The van der Waals surface area contributed by atoms with Crippen LogP contribution in [0.25, 0.3) is 0 Å². The molecule has 1 saturated carbocycles. The van der Waals surface area contributed by atoms with Gasteiger partial charge in [-0.05, 0) is 44.4 Å². The third kappa shape index (κ3) is 7.38. The second-order valence-electron chi connectivity index (χ2n) is 5.93. The molecule has 1 aliphatic rings. The Morgan fingerprint density at radius 1 is 1.28 bits per heavy atom. The van der Waals surface area contributed by atoms with Crippen molar-refractivity contribution in [2.45, 2.75) is 39.5 Å². The van der Waals surface area contributed by atoms with Crippen molar-refractivity contribution < 1.29 is 4.79 Å². The van der Waals surface area contributed by atoms with E-state index in [1.165, 1.54) is 0 Å². The lowest BCUT2D eigenvalue weighted by atomic mass is 10.1. The normalized spacial score (nSPS) is 17.5. The van der Waals surface area contributed by atoms with Crippen LogP contribution in [0.5, 0.6) is 0 Å². The topological polar surface area (TPSA) is 53.5 Å². The number of rotatable bonds is 9. The average Bonchev–Trinajstić information content (AvgIpc) is 3.16. The maximum absolute atomic E-state index is 12.1. The average molecular weight is 341 g/mol. The summed E-state index contributed by atoms with van der Waals surface area (Å²) in [6.07, 6.45) is 17.6. The van der Waals surface area contributed by atoms with Crippen molar-refractivity contribution in [2.24, 2.45) is 10.9 Å². The Morgan fingerprint density at radius 3 is 2.56 bits per heavy atom. The Labute approximate surface area is 152 Å². The molecular formula is C21H31N3O. The molecular weight excluding hydrogens is 310 g/mol. The molecule has 0 unspecified atom stereocenters. The summed E-state index contributed by atoms with van der Waals surface area (Å²) >= 11 is 0. The molecule has 1 fully saturated rings. The van der Waals surface area contributed by atoms with Crippen LogP contribution in [0, 0.1) is 5.92 Å². The first-order chi connectivity index (χ1) is 12.2. The van der Waals surface area contributed by atoms with Crippen LogP contribution in [-0.2, 0) is 4.79 Å². The maximum Gasteiger partial charge on any atom is 0.223 e. The zero-order chi connectivity index (χ0) is 18.5. The van der Waals surface area contributed by atoms with Crippen molar-refractivity contribution in [3.8, 4) is 0 Å². The highest BCUT2D eigenvalue weighted by molar-refractivity contribution is 5.83. The van der Waals surface area contributed by atoms with Crippen LogP contribution in [0.15, 0.2) is 65.0 Å². The maximum atomic E-state index is 12.1. The van der Waals surface area contributed by atoms with Gasteiger partial charge in [0.15, 0.2) is 0 Å². The van der Waals surface area contributed by atoms with E-state index in [4.69, 9.17) is 0 Å². The Hall–Kier alpha value is -2.36. The van der Waals surface area contributed by atoms with Crippen molar-refractivity contribution in [3.63, 3.8) is 0 Å². The third-order valence-corrected chi connectivity index (χ3v) is 4.17. The van der Waals surface area contributed by atoms with Gasteiger partial charge in [-0.1, -0.05) is 43.7 Å². The molecule has 0 aromatic rings. The number of hydrogen-bond donors (Lipinski definition) is 2. The van der Waals surface area contributed by atoms with Crippen molar-refractivity contribution >= 4 is 12.1 Å². The molecule has 0 saturated heterocycles. The standard InChI is InChI=1S/C21H31N3O/c1-5-10-17(7-3)16-24-20(19(22-4)11-6-2)14-15-23-21(25)18-12-8-9-13-18/h5-7,10-11,14,16,18,22H,2,8-9,12-13,15H2,1,3-4H3,(H,23,25)/b10-5-,17-7+,19-11+,20-14+,24-16-. The third-order valence-electron chi connectivity index (χ3n) is 4.17. The minimum absolute atomic E-state index is 0.152. The summed E-state index contributed by atoms with van der Waals surface area (Å²) in [6, 6.07) is 0. The van der Waals surface area contributed by atoms with E-state index in [1.54, 1.807) is 6.08 Å². The van der Waals surface area contributed by atoms with Crippen LogP contribution in [0.1, 0.15) is 39.5 Å². The van der Waals surface area contributed by atoms with Gasteiger partial charge in [0, 0.05) is 25.7 Å². The van der Waals surface area contributed by atoms with Gasteiger partial charge in [0.1, 0.15) is 0 Å². The second-order valence-corrected chi connectivity index (χ2v) is 5.93. The summed E-state index contributed by atoms with van der Waals surface area (Å²) in [5.41, 5.74) is 2.66. The molecule has 4 heteroatoms. The number of aliphatic imine (C=N–C) groups is 1. The first kappa shape index (κ1) is 20.7. The quantitative estimate of drug-likeness (QED) is 0.491. The molecule has 2 N–H and O–H groups in total. The fraction of sp³-hybridized carbons (Fsp3) is 0.429. The number of allylic oxidation sites excluding steroid dienone is 6. The Kier molecular flexibility index (Phi) is 9.98. The molecule has 0 bridgehead atoms. The van der Waals surface area contributed by atoms with Gasteiger partial charge in [-0.25, -0.2) is 0 Å². The van der Waals surface area contributed by atoms with E-state index in [0.717, 1.165) is 42.7 Å². The summed E-state index contributed by atoms with van der Waals surface area (Å²) in [4.78, 5) is 16.7. The number of carbonyl (C=O) groups excluding carboxylic acids is 1. The predicted octanol–water partition coefficient (Wildman–Crippen LogP) is 4.06. The van der Waals surface area contributed by atoms with E-state index in [9.17, 15) is 4.79 Å². The lowest BCUT2D eigenvalue weighted by Gasteiger charge is -2.10. The number of nitrogens with zero attached hydrogens (tertiary/aromatic N) is 1.